The van der Waals surface area contributed by atoms with E-state index in [1.807, 2.05) is 24.3 Å². The lowest BCUT2D eigenvalue weighted by Crippen LogP contribution is -2.27. The zero-order valence-electron chi connectivity index (χ0n) is 11.0. The summed E-state index contributed by atoms with van der Waals surface area (Å²) < 4.78 is 5.43. The number of furan rings is 1. The Kier molecular flexibility index (Phi) is 3.25. The highest BCUT2D eigenvalue weighted by Crippen LogP contribution is 2.35. The molecule has 1 aliphatic carbocycles. The minimum atomic E-state index is -0.512. The van der Waals surface area contributed by atoms with Gasteiger partial charge in [0.1, 0.15) is 11.6 Å². The van der Waals surface area contributed by atoms with Crippen LogP contribution in [0, 0.1) is 0 Å². The number of anilines is 1. The maximum Gasteiger partial charge on any atom is 0.134 e. The summed E-state index contributed by atoms with van der Waals surface area (Å²) in [6.45, 7) is 2.48. The van der Waals surface area contributed by atoms with Gasteiger partial charge in [-0.25, -0.2) is 4.98 Å². The SMILES string of the molecule is CC(O)c1cccnc1N(Cc1ccco1)C1CC1. The number of hydrogen-bond donors (Lipinski definition) is 1. The van der Waals surface area contributed by atoms with Crippen LogP contribution in [-0.2, 0) is 6.54 Å². The summed E-state index contributed by atoms with van der Waals surface area (Å²) in [5.74, 6) is 1.80. The van der Waals surface area contributed by atoms with E-state index in [0.29, 0.717) is 12.6 Å². The minimum Gasteiger partial charge on any atom is -0.467 e. The molecule has 1 fully saturated rings. The number of hydrogen-bond acceptors (Lipinski definition) is 4. The Morgan fingerprint density at radius 3 is 2.89 bits per heavy atom. The standard InChI is InChI=1S/C15H18N2O2/c1-11(18)14-5-2-8-16-15(14)17(12-6-7-12)10-13-4-3-9-19-13/h2-5,8-9,11-12,18H,6-7,10H2,1H3. The van der Waals surface area contributed by atoms with Gasteiger partial charge in [0, 0.05) is 17.8 Å². The first-order chi connectivity index (χ1) is 9.25. The highest BCUT2D eigenvalue weighted by atomic mass is 16.3. The molecular weight excluding hydrogens is 240 g/mol. The summed E-state index contributed by atoms with van der Waals surface area (Å²) >= 11 is 0. The summed E-state index contributed by atoms with van der Waals surface area (Å²) in [7, 11) is 0. The van der Waals surface area contributed by atoms with Crippen molar-refractivity contribution in [3.63, 3.8) is 0 Å². The van der Waals surface area contributed by atoms with E-state index in [1.54, 1.807) is 19.4 Å². The van der Waals surface area contributed by atoms with Crippen LogP contribution in [0.3, 0.4) is 0 Å². The van der Waals surface area contributed by atoms with Gasteiger partial charge < -0.3 is 14.4 Å². The van der Waals surface area contributed by atoms with Gasteiger partial charge in [-0.2, -0.15) is 0 Å². The Labute approximate surface area is 112 Å². The average Bonchev–Trinajstić information content (AvgIpc) is 3.13. The molecule has 0 aromatic carbocycles. The second-order valence-electron chi connectivity index (χ2n) is 5.03. The number of rotatable bonds is 5. The first-order valence-corrected chi connectivity index (χ1v) is 6.67. The van der Waals surface area contributed by atoms with Crippen molar-refractivity contribution in [2.45, 2.75) is 38.5 Å². The van der Waals surface area contributed by atoms with Crippen LogP contribution < -0.4 is 4.90 Å². The van der Waals surface area contributed by atoms with Crippen molar-refractivity contribution in [2.24, 2.45) is 0 Å². The zero-order chi connectivity index (χ0) is 13.2. The molecule has 1 saturated carbocycles. The number of pyridine rings is 1. The van der Waals surface area contributed by atoms with Crippen molar-refractivity contribution >= 4 is 5.82 Å². The number of aromatic nitrogens is 1. The van der Waals surface area contributed by atoms with Crippen molar-refractivity contribution < 1.29 is 9.52 Å². The molecule has 2 aromatic heterocycles. The van der Waals surface area contributed by atoms with Gasteiger partial charge >= 0.3 is 0 Å². The average molecular weight is 258 g/mol. The van der Waals surface area contributed by atoms with Crippen molar-refractivity contribution in [3.8, 4) is 0 Å². The predicted molar refractivity (Wildman–Crippen MR) is 72.8 cm³/mol. The van der Waals surface area contributed by atoms with Crippen LogP contribution in [0.2, 0.25) is 0 Å². The van der Waals surface area contributed by atoms with E-state index in [-0.39, 0.29) is 0 Å². The van der Waals surface area contributed by atoms with E-state index in [0.717, 1.165) is 17.1 Å². The molecule has 0 aliphatic heterocycles. The van der Waals surface area contributed by atoms with Crippen LogP contribution >= 0.6 is 0 Å². The Balaban J connectivity index is 1.92. The molecule has 2 heterocycles. The van der Waals surface area contributed by atoms with Crippen LogP contribution in [-0.4, -0.2) is 16.1 Å². The molecule has 1 atom stereocenters. The molecule has 4 nitrogen and oxygen atoms in total. The maximum absolute atomic E-state index is 9.89. The van der Waals surface area contributed by atoms with Gasteiger partial charge in [-0.05, 0) is 38.0 Å². The molecule has 0 saturated heterocycles. The quantitative estimate of drug-likeness (QED) is 0.896. The van der Waals surface area contributed by atoms with Crippen LogP contribution in [0.25, 0.3) is 0 Å². The summed E-state index contributed by atoms with van der Waals surface area (Å²) in [4.78, 5) is 6.70. The third-order valence-corrected chi connectivity index (χ3v) is 3.43. The van der Waals surface area contributed by atoms with Gasteiger partial charge in [0.15, 0.2) is 0 Å². The van der Waals surface area contributed by atoms with Gasteiger partial charge in [-0.1, -0.05) is 6.07 Å². The molecule has 0 amide bonds. The fourth-order valence-corrected chi connectivity index (χ4v) is 2.31. The van der Waals surface area contributed by atoms with E-state index in [1.165, 1.54) is 12.8 Å². The summed E-state index contributed by atoms with van der Waals surface area (Å²) in [6, 6.07) is 8.18. The molecule has 4 heteroatoms. The summed E-state index contributed by atoms with van der Waals surface area (Å²) in [5.41, 5.74) is 0.876. The fourth-order valence-electron chi connectivity index (χ4n) is 2.31. The van der Waals surface area contributed by atoms with Crippen LogP contribution in [0.15, 0.2) is 41.1 Å². The molecule has 2 aromatic rings. The normalized spacial score (nSPS) is 16.3. The maximum atomic E-state index is 9.89. The molecule has 100 valence electrons. The Morgan fingerprint density at radius 1 is 1.42 bits per heavy atom. The molecule has 1 aliphatic rings. The molecule has 0 bridgehead atoms. The van der Waals surface area contributed by atoms with E-state index in [4.69, 9.17) is 4.42 Å². The van der Waals surface area contributed by atoms with Crippen LogP contribution in [0.5, 0.6) is 0 Å². The second kappa shape index (κ2) is 5.05. The topological polar surface area (TPSA) is 49.5 Å². The van der Waals surface area contributed by atoms with Gasteiger partial charge in [0.25, 0.3) is 0 Å². The minimum absolute atomic E-state index is 0.512. The number of aliphatic hydroxyl groups is 1. The zero-order valence-corrected chi connectivity index (χ0v) is 11.0. The molecule has 0 spiro atoms. The lowest BCUT2D eigenvalue weighted by atomic mass is 10.1. The number of nitrogens with zero attached hydrogens (tertiary/aromatic N) is 2. The molecule has 19 heavy (non-hydrogen) atoms. The Bertz CT molecular complexity index is 533. The first-order valence-electron chi connectivity index (χ1n) is 6.67. The molecule has 0 radical (unpaired) electrons. The van der Waals surface area contributed by atoms with Gasteiger partial charge in [0.05, 0.1) is 18.9 Å². The molecular formula is C15H18N2O2. The Morgan fingerprint density at radius 2 is 2.26 bits per heavy atom. The second-order valence-corrected chi connectivity index (χ2v) is 5.03. The van der Waals surface area contributed by atoms with Gasteiger partial charge in [0.2, 0.25) is 0 Å². The third kappa shape index (κ3) is 2.63. The van der Waals surface area contributed by atoms with Gasteiger partial charge in [-0.3, -0.25) is 0 Å². The van der Waals surface area contributed by atoms with Crippen molar-refractivity contribution in [2.75, 3.05) is 4.90 Å². The molecule has 1 unspecified atom stereocenters. The lowest BCUT2D eigenvalue weighted by Gasteiger charge is -2.25. The van der Waals surface area contributed by atoms with E-state index in [9.17, 15) is 5.11 Å². The smallest absolute Gasteiger partial charge is 0.134 e. The fraction of sp³-hybridized carbons (Fsp3) is 0.400. The van der Waals surface area contributed by atoms with Crippen LogP contribution in [0.4, 0.5) is 5.82 Å². The first kappa shape index (κ1) is 12.2. The van der Waals surface area contributed by atoms with E-state index in [2.05, 4.69) is 9.88 Å². The molecule has 1 N–H and O–H groups in total. The van der Waals surface area contributed by atoms with Crippen molar-refractivity contribution in [3.05, 3.63) is 48.0 Å². The van der Waals surface area contributed by atoms with Crippen LogP contribution in [0.1, 0.15) is 37.2 Å². The van der Waals surface area contributed by atoms with E-state index < -0.39 is 6.10 Å². The summed E-state index contributed by atoms with van der Waals surface area (Å²) in [6.07, 6.45) is 5.31. The van der Waals surface area contributed by atoms with Crippen molar-refractivity contribution in [1.29, 1.82) is 0 Å². The Hall–Kier alpha value is -1.81. The molecule has 3 rings (SSSR count). The largest absolute Gasteiger partial charge is 0.467 e. The highest BCUT2D eigenvalue weighted by Gasteiger charge is 2.32. The van der Waals surface area contributed by atoms with E-state index >= 15 is 0 Å². The third-order valence-electron chi connectivity index (χ3n) is 3.43. The predicted octanol–water partition coefficient (Wildman–Crippen LogP) is 2.90. The van der Waals surface area contributed by atoms with Gasteiger partial charge in [-0.15, -0.1) is 0 Å². The summed E-state index contributed by atoms with van der Waals surface area (Å²) in [5, 5.41) is 9.89. The highest BCUT2D eigenvalue weighted by molar-refractivity contribution is 5.50. The monoisotopic (exact) mass is 258 g/mol. The van der Waals surface area contributed by atoms with Crippen molar-refractivity contribution in [1.82, 2.24) is 4.98 Å². The lowest BCUT2D eigenvalue weighted by molar-refractivity contribution is 0.199. The number of aliphatic hydroxyl groups excluding tert-OH is 1.